The highest BCUT2D eigenvalue weighted by atomic mass is 16.4. The first-order valence-electron chi connectivity index (χ1n) is 7.37. The number of nitrogens with zero attached hydrogens (tertiary/aromatic N) is 1. The molecule has 5 nitrogen and oxygen atoms in total. The Labute approximate surface area is 124 Å². The van der Waals surface area contributed by atoms with Crippen LogP contribution >= 0.6 is 0 Å². The lowest BCUT2D eigenvalue weighted by atomic mass is 9.93. The molecule has 0 radical (unpaired) electrons. The van der Waals surface area contributed by atoms with E-state index < -0.39 is 12.0 Å². The monoisotopic (exact) mass is 290 g/mol. The summed E-state index contributed by atoms with van der Waals surface area (Å²) in [6, 6.07) is 6.68. The summed E-state index contributed by atoms with van der Waals surface area (Å²) in [5.41, 5.74) is 7.94. The fourth-order valence-electron chi connectivity index (χ4n) is 2.82. The summed E-state index contributed by atoms with van der Waals surface area (Å²) in [6.45, 7) is 2.37. The molecule has 1 aromatic rings. The molecule has 0 fully saturated rings. The van der Waals surface area contributed by atoms with Crippen LogP contribution in [0.2, 0.25) is 0 Å². The molecule has 1 aliphatic rings. The maximum atomic E-state index is 12.4. The minimum Gasteiger partial charge on any atom is -0.480 e. The quantitative estimate of drug-likeness (QED) is 0.861. The zero-order valence-electron chi connectivity index (χ0n) is 12.3. The molecule has 1 amide bonds. The summed E-state index contributed by atoms with van der Waals surface area (Å²) in [4.78, 5) is 25.3. The number of aliphatic carboxylic acids is 1. The number of hydrogen-bond donors (Lipinski definition) is 2. The van der Waals surface area contributed by atoms with Gasteiger partial charge in [0.1, 0.15) is 6.04 Å². The molecule has 2 atom stereocenters. The van der Waals surface area contributed by atoms with Crippen molar-refractivity contribution < 1.29 is 14.7 Å². The van der Waals surface area contributed by atoms with Crippen LogP contribution in [0.4, 0.5) is 0 Å². The van der Waals surface area contributed by atoms with Gasteiger partial charge in [0.15, 0.2) is 0 Å². The first-order valence-corrected chi connectivity index (χ1v) is 7.37. The van der Waals surface area contributed by atoms with E-state index in [0.29, 0.717) is 13.0 Å². The molecule has 114 valence electrons. The minimum absolute atomic E-state index is 0.169. The van der Waals surface area contributed by atoms with E-state index in [1.54, 1.807) is 0 Å². The number of fused-ring (bicyclic) bond motifs is 1. The number of carboxylic acids is 1. The van der Waals surface area contributed by atoms with Gasteiger partial charge in [-0.05, 0) is 17.5 Å². The van der Waals surface area contributed by atoms with E-state index in [9.17, 15) is 14.7 Å². The second-order valence-electron chi connectivity index (χ2n) is 5.60. The Kier molecular flexibility index (Phi) is 4.96. The molecule has 3 N–H and O–H groups in total. The number of carboxylic acid groups (broad SMARTS) is 1. The van der Waals surface area contributed by atoms with Crippen molar-refractivity contribution in [2.45, 2.75) is 51.2 Å². The smallest absolute Gasteiger partial charge is 0.326 e. The van der Waals surface area contributed by atoms with Gasteiger partial charge in [-0.2, -0.15) is 0 Å². The van der Waals surface area contributed by atoms with Crippen molar-refractivity contribution in [3.63, 3.8) is 0 Å². The van der Waals surface area contributed by atoms with E-state index in [4.69, 9.17) is 5.73 Å². The molecule has 1 unspecified atom stereocenters. The van der Waals surface area contributed by atoms with Crippen LogP contribution in [0, 0.1) is 0 Å². The van der Waals surface area contributed by atoms with Crippen molar-refractivity contribution >= 4 is 11.9 Å². The Morgan fingerprint density at radius 2 is 2.05 bits per heavy atom. The number of carbonyl (C=O) groups is 2. The Morgan fingerprint density at radius 1 is 1.38 bits per heavy atom. The lowest BCUT2D eigenvalue weighted by Crippen LogP contribution is -2.49. The zero-order chi connectivity index (χ0) is 15.4. The van der Waals surface area contributed by atoms with Crippen LogP contribution in [0.3, 0.4) is 0 Å². The topological polar surface area (TPSA) is 83.6 Å². The van der Waals surface area contributed by atoms with Crippen molar-refractivity contribution in [1.29, 1.82) is 0 Å². The average molecular weight is 290 g/mol. The van der Waals surface area contributed by atoms with Crippen LogP contribution in [0.1, 0.15) is 37.3 Å². The molecule has 0 aromatic heterocycles. The van der Waals surface area contributed by atoms with Gasteiger partial charge in [-0.3, -0.25) is 4.79 Å². The fourth-order valence-corrected chi connectivity index (χ4v) is 2.82. The van der Waals surface area contributed by atoms with Crippen LogP contribution in [-0.2, 0) is 22.6 Å². The summed E-state index contributed by atoms with van der Waals surface area (Å²) in [7, 11) is 0. The molecule has 1 aromatic carbocycles. The summed E-state index contributed by atoms with van der Waals surface area (Å²) >= 11 is 0. The fraction of sp³-hybridized carbons (Fsp3) is 0.500. The second kappa shape index (κ2) is 6.72. The van der Waals surface area contributed by atoms with Crippen LogP contribution in [0.5, 0.6) is 0 Å². The number of rotatable bonds is 5. The standard InChI is InChI=1S/C16H22N2O3/c1-2-5-13(17)9-15(19)18-10-12-7-4-3-6-11(12)8-14(18)16(20)21/h3-4,6-7,13-14H,2,5,8-10,17H2,1H3,(H,20,21)/t13?,14-/m0/s1. The molecular formula is C16H22N2O3. The maximum Gasteiger partial charge on any atom is 0.326 e. The lowest BCUT2D eigenvalue weighted by molar-refractivity contribution is -0.151. The van der Waals surface area contributed by atoms with Crippen molar-refractivity contribution in [1.82, 2.24) is 4.90 Å². The molecule has 0 saturated heterocycles. The van der Waals surface area contributed by atoms with Gasteiger partial charge in [0, 0.05) is 25.4 Å². The highest BCUT2D eigenvalue weighted by Gasteiger charge is 2.34. The van der Waals surface area contributed by atoms with Crippen molar-refractivity contribution in [3.05, 3.63) is 35.4 Å². The molecule has 1 heterocycles. The van der Waals surface area contributed by atoms with E-state index in [0.717, 1.165) is 24.0 Å². The normalized spacial score (nSPS) is 19.0. The molecule has 0 bridgehead atoms. The van der Waals surface area contributed by atoms with E-state index >= 15 is 0 Å². The third-order valence-electron chi connectivity index (χ3n) is 3.95. The van der Waals surface area contributed by atoms with Gasteiger partial charge in [-0.25, -0.2) is 4.79 Å². The first kappa shape index (κ1) is 15.5. The van der Waals surface area contributed by atoms with Gasteiger partial charge in [0.25, 0.3) is 0 Å². The van der Waals surface area contributed by atoms with E-state index in [1.807, 2.05) is 31.2 Å². The molecule has 0 aliphatic carbocycles. The van der Waals surface area contributed by atoms with Crippen molar-refractivity contribution in [3.8, 4) is 0 Å². The van der Waals surface area contributed by atoms with Gasteiger partial charge < -0.3 is 15.7 Å². The van der Waals surface area contributed by atoms with Gasteiger partial charge in [0.2, 0.25) is 5.91 Å². The molecule has 21 heavy (non-hydrogen) atoms. The van der Waals surface area contributed by atoms with Crippen LogP contribution in [0.15, 0.2) is 24.3 Å². The summed E-state index contributed by atoms with van der Waals surface area (Å²) in [5, 5.41) is 9.40. The van der Waals surface area contributed by atoms with Gasteiger partial charge >= 0.3 is 5.97 Å². The Bertz CT molecular complexity index is 530. The molecule has 1 aliphatic heterocycles. The van der Waals surface area contributed by atoms with Gasteiger partial charge in [-0.15, -0.1) is 0 Å². The summed E-state index contributed by atoms with van der Waals surface area (Å²) in [6.07, 6.45) is 2.26. The number of hydrogen-bond acceptors (Lipinski definition) is 3. The van der Waals surface area contributed by atoms with Crippen molar-refractivity contribution in [2.75, 3.05) is 0 Å². The lowest BCUT2D eigenvalue weighted by Gasteiger charge is -2.35. The highest BCUT2D eigenvalue weighted by Crippen LogP contribution is 2.24. The van der Waals surface area contributed by atoms with Gasteiger partial charge in [0.05, 0.1) is 0 Å². The predicted octanol–water partition coefficient (Wildman–Crippen LogP) is 1.54. The Hall–Kier alpha value is -1.88. The molecule has 2 rings (SSSR count). The second-order valence-corrected chi connectivity index (χ2v) is 5.60. The maximum absolute atomic E-state index is 12.4. The summed E-state index contributed by atoms with van der Waals surface area (Å²) in [5.74, 6) is -1.13. The van der Waals surface area contributed by atoms with Crippen LogP contribution < -0.4 is 5.73 Å². The highest BCUT2D eigenvalue weighted by molar-refractivity contribution is 5.84. The van der Waals surface area contributed by atoms with Crippen molar-refractivity contribution in [2.24, 2.45) is 5.73 Å². The number of amides is 1. The number of nitrogens with two attached hydrogens (primary N) is 1. The molecule has 5 heteroatoms. The van der Waals surface area contributed by atoms with Crippen LogP contribution in [-0.4, -0.2) is 34.0 Å². The van der Waals surface area contributed by atoms with Gasteiger partial charge in [-0.1, -0.05) is 37.6 Å². The zero-order valence-corrected chi connectivity index (χ0v) is 12.3. The molecular weight excluding hydrogens is 268 g/mol. The van der Waals surface area contributed by atoms with E-state index in [-0.39, 0.29) is 18.4 Å². The minimum atomic E-state index is -0.957. The molecule has 0 saturated carbocycles. The summed E-state index contributed by atoms with van der Waals surface area (Å²) < 4.78 is 0. The largest absolute Gasteiger partial charge is 0.480 e. The van der Waals surface area contributed by atoms with Crippen LogP contribution in [0.25, 0.3) is 0 Å². The molecule has 0 spiro atoms. The Balaban J connectivity index is 2.16. The Morgan fingerprint density at radius 3 is 2.67 bits per heavy atom. The first-order chi connectivity index (χ1) is 10.0. The number of carbonyl (C=O) groups excluding carboxylic acids is 1. The third-order valence-corrected chi connectivity index (χ3v) is 3.95. The average Bonchev–Trinajstić information content (AvgIpc) is 2.45. The number of benzene rings is 1. The third kappa shape index (κ3) is 3.61. The predicted molar refractivity (Wildman–Crippen MR) is 79.6 cm³/mol. The van der Waals surface area contributed by atoms with E-state index in [2.05, 4.69) is 0 Å². The van der Waals surface area contributed by atoms with E-state index in [1.165, 1.54) is 4.90 Å². The SMILES string of the molecule is CCCC(N)CC(=O)N1Cc2ccccc2C[C@H]1C(=O)O.